The number of carbonyl (C=O) groups excluding carboxylic acids is 2. The lowest BCUT2D eigenvalue weighted by atomic mass is 10.2. The number of hydrazone groups is 1. The van der Waals surface area contributed by atoms with Crippen LogP contribution in [0.25, 0.3) is 5.69 Å². The third kappa shape index (κ3) is 5.67. The maximum atomic E-state index is 11.7. The molecule has 0 bridgehead atoms. The highest BCUT2D eigenvalue weighted by molar-refractivity contribution is 6.35. The summed E-state index contributed by atoms with van der Waals surface area (Å²) in [6.45, 7) is 4.81. The van der Waals surface area contributed by atoms with E-state index in [2.05, 4.69) is 20.4 Å². The Morgan fingerprint density at radius 2 is 1.93 bits per heavy atom. The lowest BCUT2D eigenvalue weighted by molar-refractivity contribution is -0.139. The van der Waals surface area contributed by atoms with Crippen LogP contribution in [0.5, 0.6) is 0 Å². The van der Waals surface area contributed by atoms with Crippen molar-refractivity contribution in [3.05, 3.63) is 52.3 Å². The first-order chi connectivity index (χ1) is 12.9. The molecule has 8 heteroatoms. The molecule has 0 saturated heterocycles. The number of ether oxygens (including phenoxy) is 1. The summed E-state index contributed by atoms with van der Waals surface area (Å²) in [6, 6.07) is 9.46. The summed E-state index contributed by atoms with van der Waals surface area (Å²) in [5, 5.41) is 7.05. The minimum atomic E-state index is -0.810. The van der Waals surface area contributed by atoms with Crippen molar-refractivity contribution in [3.63, 3.8) is 0 Å². The fraction of sp³-hybridized carbons (Fsp3) is 0.316. The second kappa shape index (κ2) is 9.89. The van der Waals surface area contributed by atoms with Gasteiger partial charge in [0.15, 0.2) is 0 Å². The molecule has 0 spiro atoms. The first-order valence-electron chi connectivity index (χ1n) is 8.49. The SMILES string of the molecule is COCCCNC(=O)C(=O)N/N=C\c1cc(C)n(-c2ccc(Cl)cc2)c1C. The molecular weight excluding hydrogens is 368 g/mol. The molecular formula is C19H23ClN4O3. The first-order valence-corrected chi connectivity index (χ1v) is 8.87. The standard InChI is InChI=1S/C19H23ClN4O3/c1-13-11-15(14(2)24(13)17-7-5-16(20)6-8-17)12-22-23-19(26)18(25)21-9-4-10-27-3/h5-8,11-12H,4,9-10H2,1-3H3,(H,21,25)(H,23,26)/b22-12-. The van der Waals surface area contributed by atoms with Crippen LogP contribution in [-0.4, -0.2) is 42.9 Å². The van der Waals surface area contributed by atoms with E-state index in [4.69, 9.17) is 16.3 Å². The Bertz CT molecular complexity index is 828. The van der Waals surface area contributed by atoms with Crippen LogP contribution >= 0.6 is 11.6 Å². The number of carbonyl (C=O) groups is 2. The molecule has 0 aliphatic rings. The summed E-state index contributed by atoms with van der Waals surface area (Å²) in [5.41, 5.74) is 6.02. The van der Waals surface area contributed by atoms with Gasteiger partial charge in [0.1, 0.15) is 0 Å². The van der Waals surface area contributed by atoms with Crippen molar-refractivity contribution in [1.82, 2.24) is 15.3 Å². The minimum absolute atomic E-state index is 0.367. The summed E-state index contributed by atoms with van der Waals surface area (Å²) in [6.07, 6.45) is 2.15. The molecule has 2 amide bonds. The summed E-state index contributed by atoms with van der Waals surface area (Å²) in [4.78, 5) is 23.4. The van der Waals surface area contributed by atoms with Crippen LogP contribution < -0.4 is 10.7 Å². The number of halogens is 1. The minimum Gasteiger partial charge on any atom is -0.385 e. The Kier molecular flexibility index (Phi) is 7.57. The van der Waals surface area contributed by atoms with E-state index in [9.17, 15) is 9.59 Å². The molecule has 2 aromatic rings. The molecule has 0 atom stereocenters. The maximum Gasteiger partial charge on any atom is 0.329 e. The van der Waals surface area contributed by atoms with Crippen LogP contribution in [0.1, 0.15) is 23.4 Å². The van der Waals surface area contributed by atoms with Crippen molar-refractivity contribution in [2.45, 2.75) is 20.3 Å². The molecule has 2 N–H and O–H groups in total. The normalized spacial score (nSPS) is 11.0. The molecule has 1 aromatic heterocycles. The summed E-state index contributed by atoms with van der Waals surface area (Å²) < 4.78 is 6.93. The largest absolute Gasteiger partial charge is 0.385 e. The number of hydrogen-bond donors (Lipinski definition) is 2. The molecule has 144 valence electrons. The van der Waals surface area contributed by atoms with Gasteiger partial charge in [-0.1, -0.05) is 11.6 Å². The van der Waals surface area contributed by atoms with E-state index in [1.54, 1.807) is 7.11 Å². The van der Waals surface area contributed by atoms with Gasteiger partial charge < -0.3 is 14.6 Å². The zero-order valence-corrected chi connectivity index (χ0v) is 16.3. The third-order valence-corrected chi connectivity index (χ3v) is 4.19. The van der Waals surface area contributed by atoms with Gasteiger partial charge in [0, 0.05) is 47.9 Å². The van der Waals surface area contributed by atoms with Crippen molar-refractivity contribution in [1.29, 1.82) is 0 Å². The second-order valence-corrected chi connectivity index (χ2v) is 6.38. The van der Waals surface area contributed by atoms with Crippen LogP contribution in [0.2, 0.25) is 5.02 Å². The monoisotopic (exact) mass is 390 g/mol. The van der Waals surface area contributed by atoms with Crippen LogP contribution in [0.4, 0.5) is 0 Å². The Balaban J connectivity index is 1.99. The highest BCUT2D eigenvalue weighted by atomic mass is 35.5. The third-order valence-electron chi connectivity index (χ3n) is 3.94. The first kappa shape index (κ1) is 20.7. The molecule has 1 aromatic carbocycles. The van der Waals surface area contributed by atoms with Crippen molar-refractivity contribution < 1.29 is 14.3 Å². The second-order valence-electron chi connectivity index (χ2n) is 5.94. The summed E-state index contributed by atoms with van der Waals surface area (Å²) in [7, 11) is 1.58. The Labute approximate surface area is 163 Å². The van der Waals surface area contributed by atoms with Gasteiger partial charge in [0.2, 0.25) is 0 Å². The topological polar surface area (TPSA) is 84.7 Å². The van der Waals surface area contributed by atoms with Gasteiger partial charge in [-0.25, -0.2) is 5.43 Å². The molecule has 0 fully saturated rings. The van der Waals surface area contributed by atoms with Crippen LogP contribution in [0, 0.1) is 13.8 Å². The molecule has 0 aliphatic heterocycles. The van der Waals surface area contributed by atoms with Crippen molar-refractivity contribution >= 4 is 29.6 Å². The number of methoxy groups -OCH3 is 1. The van der Waals surface area contributed by atoms with Crippen LogP contribution in [0.3, 0.4) is 0 Å². The number of nitrogens with one attached hydrogen (secondary N) is 2. The molecule has 1 heterocycles. The molecule has 0 aliphatic carbocycles. The number of benzene rings is 1. The fourth-order valence-electron chi connectivity index (χ4n) is 2.62. The lowest BCUT2D eigenvalue weighted by Gasteiger charge is -2.09. The van der Waals surface area contributed by atoms with E-state index in [1.807, 2.05) is 44.2 Å². The zero-order valence-electron chi connectivity index (χ0n) is 15.6. The van der Waals surface area contributed by atoms with Gasteiger partial charge in [-0.15, -0.1) is 0 Å². The predicted molar refractivity (Wildman–Crippen MR) is 105 cm³/mol. The predicted octanol–water partition coefficient (Wildman–Crippen LogP) is 2.35. The van der Waals surface area contributed by atoms with Crippen molar-refractivity contribution in [2.24, 2.45) is 5.10 Å². The Hall–Kier alpha value is -2.64. The molecule has 27 heavy (non-hydrogen) atoms. The lowest BCUT2D eigenvalue weighted by Crippen LogP contribution is -2.38. The highest BCUT2D eigenvalue weighted by Gasteiger charge is 2.12. The van der Waals surface area contributed by atoms with Gasteiger partial charge in [0.05, 0.1) is 6.21 Å². The smallest absolute Gasteiger partial charge is 0.329 e. The average molecular weight is 391 g/mol. The van der Waals surface area contributed by atoms with E-state index in [1.165, 1.54) is 6.21 Å². The van der Waals surface area contributed by atoms with E-state index < -0.39 is 11.8 Å². The Morgan fingerprint density at radius 3 is 2.59 bits per heavy atom. The average Bonchev–Trinajstić information content (AvgIpc) is 2.93. The van der Waals surface area contributed by atoms with Gasteiger partial charge >= 0.3 is 11.8 Å². The van der Waals surface area contributed by atoms with Gasteiger partial charge in [0.25, 0.3) is 0 Å². The fourth-order valence-corrected chi connectivity index (χ4v) is 2.74. The van der Waals surface area contributed by atoms with Gasteiger partial charge in [-0.05, 0) is 50.6 Å². The van der Waals surface area contributed by atoms with E-state index >= 15 is 0 Å². The number of hydrogen-bond acceptors (Lipinski definition) is 4. The number of aromatic nitrogens is 1. The number of nitrogens with zero attached hydrogens (tertiary/aromatic N) is 2. The molecule has 0 radical (unpaired) electrons. The van der Waals surface area contributed by atoms with Gasteiger partial charge in [-0.3, -0.25) is 9.59 Å². The highest BCUT2D eigenvalue weighted by Crippen LogP contribution is 2.21. The van der Waals surface area contributed by atoms with E-state index in [0.717, 1.165) is 22.6 Å². The van der Waals surface area contributed by atoms with Crippen molar-refractivity contribution in [2.75, 3.05) is 20.3 Å². The molecule has 7 nitrogen and oxygen atoms in total. The summed E-state index contributed by atoms with van der Waals surface area (Å²) >= 11 is 5.95. The van der Waals surface area contributed by atoms with E-state index in [0.29, 0.717) is 24.6 Å². The van der Waals surface area contributed by atoms with Crippen molar-refractivity contribution in [3.8, 4) is 5.69 Å². The maximum absolute atomic E-state index is 11.7. The number of rotatable bonds is 7. The zero-order chi connectivity index (χ0) is 19.8. The quantitative estimate of drug-likeness (QED) is 0.329. The molecule has 0 unspecified atom stereocenters. The number of aryl methyl sites for hydroxylation is 1. The van der Waals surface area contributed by atoms with Gasteiger partial charge in [-0.2, -0.15) is 5.10 Å². The van der Waals surface area contributed by atoms with E-state index in [-0.39, 0.29) is 0 Å². The molecule has 2 rings (SSSR count). The van der Waals surface area contributed by atoms with Crippen LogP contribution in [0.15, 0.2) is 35.4 Å². The summed E-state index contributed by atoms with van der Waals surface area (Å²) in [5.74, 6) is -1.54. The number of amides is 2. The Morgan fingerprint density at radius 1 is 1.22 bits per heavy atom. The van der Waals surface area contributed by atoms with Crippen LogP contribution in [-0.2, 0) is 14.3 Å². The molecule has 0 saturated carbocycles.